The number of anilines is 1. The highest BCUT2D eigenvalue weighted by Crippen LogP contribution is 2.32. The molecule has 1 aromatic carbocycles. The van der Waals surface area contributed by atoms with Crippen LogP contribution in [0.3, 0.4) is 0 Å². The van der Waals surface area contributed by atoms with E-state index in [1.807, 2.05) is 24.3 Å². The van der Waals surface area contributed by atoms with Crippen LogP contribution in [0.1, 0.15) is 17.7 Å². The van der Waals surface area contributed by atoms with E-state index in [1.165, 1.54) is 4.88 Å². The molecule has 6 heteroatoms. The first-order valence-electron chi connectivity index (χ1n) is 6.46. The summed E-state index contributed by atoms with van der Waals surface area (Å²) in [7, 11) is 0. The van der Waals surface area contributed by atoms with E-state index >= 15 is 0 Å². The molecule has 0 amide bonds. The molecule has 0 aliphatic rings. The van der Waals surface area contributed by atoms with Gasteiger partial charge in [0, 0.05) is 34.1 Å². The predicted molar refractivity (Wildman–Crippen MR) is 93.8 cm³/mol. The van der Waals surface area contributed by atoms with Crippen LogP contribution in [0.25, 0.3) is 0 Å². The van der Waals surface area contributed by atoms with E-state index in [0.29, 0.717) is 13.0 Å². The lowest BCUT2D eigenvalue weighted by atomic mass is 10.3. The SMILES string of the molecule is N#CCCCOc1cccc(NCc2cc(Br)c(Br)s2)c1. The number of benzene rings is 1. The first-order valence-corrected chi connectivity index (χ1v) is 8.86. The van der Waals surface area contributed by atoms with Gasteiger partial charge in [0.25, 0.3) is 0 Å². The lowest BCUT2D eigenvalue weighted by Gasteiger charge is -2.08. The van der Waals surface area contributed by atoms with Crippen molar-refractivity contribution in [1.82, 2.24) is 0 Å². The molecule has 0 bridgehead atoms. The van der Waals surface area contributed by atoms with Crippen LogP contribution < -0.4 is 10.1 Å². The van der Waals surface area contributed by atoms with Gasteiger partial charge in [0.05, 0.1) is 16.5 Å². The molecule has 0 saturated carbocycles. The van der Waals surface area contributed by atoms with E-state index < -0.39 is 0 Å². The Bertz CT molecular complexity index is 617. The first-order chi connectivity index (χ1) is 10.2. The van der Waals surface area contributed by atoms with Crippen molar-refractivity contribution in [2.24, 2.45) is 0 Å². The van der Waals surface area contributed by atoms with Crippen LogP contribution in [-0.2, 0) is 6.54 Å². The van der Waals surface area contributed by atoms with E-state index in [4.69, 9.17) is 10.00 Å². The largest absolute Gasteiger partial charge is 0.493 e. The molecule has 0 spiro atoms. The van der Waals surface area contributed by atoms with Crippen LogP contribution in [0.15, 0.2) is 38.6 Å². The number of nitrogens with one attached hydrogen (secondary N) is 1. The molecular formula is C15H14Br2N2OS. The Morgan fingerprint density at radius 3 is 2.86 bits per heavy atom. The molecule has 1 N–H and O–H groups in total. The molecule has 0 atom stereocenters. The lowest BCUT2D eigenvalue weighted by Crippen LogP contribution is -1.99. The van der Waals surface area contributed by atoms with Gasteiger partial charge >= 0.3 is 0 Å². The molecule has 2 rings (SSSR count). The monoisotopic (exact) mass is 428 g/mol. The van der Waals surface area contributed by atoms with Crippen molar-refractivity contribution in [2.75, 3.05) is 11.9 Å². The second-order valence-corrected chi connectivity index (χ2v) is 7.63. The molecule has 0 aliphatic carbocycles. The standard InChI is InChI=1S/C15H14Br2N2OS/c16-14-9-13(21-15(14)17)10-19-11-4-3-5-12(8-11)20-7-2-1-6-18/h3-5,8-9,19H,1-2,7,10H2. The fraction of sp³-hybridized carbons (Fsp3) is 0.267. The Kier molecular flexibility index (Phi) is 6.55. The Morgan fingerprint density at radius 2 is 2.14 bits per heavy atom. The molecule has 0 aliphatic heterocycles. The van der Waals surface area contributed by atoms with Gasteiger partial charge in [0.15, 0.2) is 0 Å². The number of hydrogen-bond acceptors (Lipinski definition) is 4. The molecule has 3 nitrogen and oxygen atoms in total. The van der Waals surface area contributed by atoms with Crippen molar-refractivity contribution in [3.8, 4) is 11.8 Å². The fourth-order valence-corrected chi connectivity index (χ4v) is 3.82. The maximum Gasteiger partial charge on any atom is 0.121 e. The van der Waals surface area contributed by atoms with E-state index in [-0.39, 0.29) is 0 Å². The molecule has 0 unspecified atom stereocenters. The van der Waals surface area contributed by atoms with E-state index in [0.717, 1.165) is 32.7 Å². The summed E-state index contributed by atoms with van der Waals surface area (Å²) >= 11 is 8.69. The minimum atomic E-state index is 0.528. The summed E-state index contributed by atoms with van der Waals surface area (Å²) in [5.41, 5.74) is 1.02. The molecule has 21 heavy (non-hydrogen) atoms. The average molecular weight is 430 g/mol. The highest BCUT2D eigenvalue weighted by molar-refractivity contribution is 9.13. The topological polar surface area (TPSA) is 45.0 Å². The number of hydrogen-bond donors (Lipinski definition) is 1. The zero-order valence-corrected chi connectivity index (χ0v) is 15.2. The smallest absolute Gasteiger partial charge is 0.121 e. The van der Waals surface area contributed by atoms with Crippen molar-refractivity contribution in [3.05, 3.63) is 43.5 Å². The van der Waals surface area contributed by atoms with Gasteiger partial charge in [-0.25, -0.2) is 0 Å². The molecule has 0 radical (unpaired) electrons. The molecular weight excluding hydrogens is 416 g/mol. The van der Waals surface area contributed by atoms with Crippen molar-refractivity contribution in [2.45, 2.75) is 19.4 Å². The number of nitrogens with zero attached hydrogens (tertiary/aromatic N) is 1. The normalized spacial score (nSPS) is 10.1. The van der Waals surface area contributed by atoms with Gasteiger partial charge < -0.3 is 10.1 Å². The minimum absolute atomic E-state index is 0.528. The lowest BCUT2D eigenvalue weighted by molar-refractivity contribution is 0.313. The van der Waals surface area contributed by atoms with Crippen LogP contribution in [0.5, 0.6) is 5.75 Å². The quantitative estimate of drug-likeness (QED) is 0.585. The predicted octanol–water partition coefficient (Wildman–Crippen LogP) is 5.57. The maximum atomic E-state index is 8.49. The third-order valence-corrected chi connectivity index (χ3v) is 5.95. The second kappa shape index (κ2) is 8.42. The summed E-state index contributed by atoms with van der Waals surface area (Å²) in [6.45, 7) is 1.34. The number of nitriles is 1. The summed E-state index contributed by atoms with van der Waals surface area (Å²) in [4.78, 5) is 1.24. The molecule has 110 valence electrons. The van der Waals surface area contributed by atoms with Crippen LogP contribution in [0, 0.1) is 11.3 Å². The van der Waals surface area contributed by atoms with Gasteiger partial charge in [-0.3, -0.25) is 0 Å². The molecule has 0 fully saturated rings. The summed E-state index contributed by atoms with van der Waals surface area (Å²) in [6.07, 6.45) is 1.28. The van der Waals surface area contributed by atoms with Crippen LogP contribution in [-0.4, -0.2) is 6.61 Å². The maximum absolute atomic E-state index is 8.49. The Labute approximate surface area is 145 Å². The first kappa shape index (κ1) is 16.3. The van der Waals surface area contributed by atoms with Crippen LogP contribution in [0.4, 0.5) is 5.69 Å². The molecule has 2 aromatic rings. The van der Waals surface area contributed by atoms with Gasteiger partial charge in [-0.15, -0.1) is 11.3 Å². The summed E-state index contributed by atoms with van der Waals surface area (Å²) in [5, 5.41) is 11.9. The van der Waals surface area contributed by atoms with Crippen molar-refractivity contribution in [3.63, 3.8) is 0 Å². The van der Waals surface area contributed by atoms with E-state index in [9.17, 15) is 0 Å². The number of halogens is 2. The summed E-state index contributed by atoms with van der Waals surface area (Å²) in [5.74, 6) is 0.825. The van der Waals surface area contributed by atoms with E-state index in [1.54, 1.807) is 11.3 Å². The average Bonchev–Trinajstić information content (AvgIpc) is 2.81. The van der Waals surface area contributed by atoms with Crippen molar-refractivity contribution >= 4 is 48.9 Å². The molecule has 1 heterocycles. The zero-order valence-electron chi connectivity index (χ0n) is 11.2. The van der Waals surface area contributed by atoms with E-state index in [2.05, 4.69) is 49.3 Å². The summed E-state index contributed by atoms with van der Waals surface area (Å²) < 4.78 is 7.81. The Balaban J connectivity index is 1.87. The third kappa shape index (κ3) is 5.34. The highest BCUT2D eigenvalue weighted by Gasteiger charge is 2.04. The van der Waals surface area contributed by atoms with Crippen molar-refractivity contribution < 1.29 is 4.74 Å². The van der Waals surface area contributed by atoms with Gasteiger partial charge in [0.2, 0.25) is 0 Å². The fourth-order valence-electron chi connectivity index (χ4n) is 1.70. The van der Waals surface area contributed by atoms with Crippen LogP contribution in [0.2, 0.25) is 0 Å². The molecule has 1 aromatic heterocycles. The van der Waals surface area contributed by atoms with Crippen LogP contribution >= 0.6 is 43.2 Å². The highest BCUT2D eigenvalue weighted by atomic mass is 79.9. The second-order valence-electron chi connectivity index (χ2n) is 4.33. The van der Waals surface area contributed by atoms with Crippen molar-refractivity contribution in [1.29, 1.82) is 5.26 Å². The van der Waals surface area contributed by atoms with Gasteiger partial charge in [0.1, 0.15) is 5.75 Å². The molecule has 0 saturated heterocycles. The number of unbranched alkanes of at least 4 members (excludes halogenated alkanes) is 1. The third-order valence-electron chi connectivity index (χ3n) is 2.70. The Morgan fingerprint density at radius 1 is 1.29 bits per heavy atom. The van der Waals surface area contributed by atoms with Gasteiger partial charge in [-0.2, -0.15) is 5.26 Å². The van der Waals surface area contributed by atoms with Gasteiger partial charge in [-0.1, -0.05) is 6.07 Å². The minimum Gasteiger partial charge on any atom is -0.493 e. The summed E-state index contributed by atoms with van der Waals surface area (Å²) in [6, 6.07) is 12.1. The number of ether oxygens (including phenoxy) is 1. The Hall–Kier alpha value is -1.03. The zero-order chi connectivity index (χ0) is 15.1. The number of thiophene rings is 1. The van der Waals surface area contributed by atoms with Gasteiger partial charge in [-0.05, 0) is 56.5 Å². The number of rotatable bonds is 7.